The van der Waals surface area contributed by atoms with Crippen LogP contribution in [0.4, 0.5) is 0 Å². The topological polar surface area (TPSA) is 97.6 Å². The van der Waals surface area contributed by atoms with Crippen molar-refractivity contribution in [3.8, 4) is 5.75 Å². The van der Waals surface area contributed by atoms with Crippen molar-refractivity contribution in [3.05, 3.63) is 29.8 Å². The molecule has 3 atom stereocenters. The van der Waals surface area contributed by atoms with Crippen molar-refractivity contribution in [2.24, 2.45) is 11.8 Å². The second-order valence-corrected chi connectivity index (χ2v) is 5.23. The summed E-state index contributed by atoms with van der Waals surface area (Å²) in [7, 11) is 0. The highest BCUT2D eigenvalue weighted by molar-refractivity contribution is 5.81. The second kappa shape index (κ2) is 8.09. The van der Waals surface area contributed by atoms with E-state index in [4.69, 9.17) is 15.3 Å². The Bertz CT molecular complexity index is 480. The molecule has 1 amide bonds. The van der Waals surface area contributed by atoms with Crippen molar-refractivity contribution in [2.75, 3.05) is 19.8 Å². The van der Waals surface area contributed by atoms with Crippen molar-refractivity contribution < 1.29 is 14.3 Å². The van der Waals surface area contributed by atoms with E-state index in [-0.39, 0.29) is 23.9 Å². The fourth-order valence-corrected chi connectivity index (χ4v) is 2.55. The number of amides is 1. The molecular formula is C15H24N4O3. The van der Waals surface area contributed by atoms with Gasteiger partial charge < -0.3 is 9.47 Å². The molecule has 5 N–H and O–H groups in total. The molecule has 1 aliphatic rings. The molecule has 1 aliphatic heterocycles. The van der Waals surface area contributed by atoms with Gasteiger partial charge in [-0.2, -0.15) is 0 Å². The second-order valence-electron chi connectivity index (χ2n) is 5.23. The quantitative estimate of drug-likeness (QED) is 0.249. The Labute approximate surface area is 130 Å². The van der Waals surface area contributed by atoms with Crippen molar-refractivity contribution in [1.29, 1.82) is 0 Å². The number of hydrogen-bond acceptors (Lipinski definition) is 6. The summed E-state index contributed by atoms with van der Waals surface area (Å²) in [6.45, 7) is 5.77. The van der Waals surface area contributed by atoms with Crippen LogP contribution in [0.25, 0.3) is 0 Å². The summed E-state index contributed by atoms with van der Waals surface area (Å²) >= 11 is 0. The molecule has 3 unspecified atom stereocenters. The number of nitrogens with one attached hydrogen (secondary N) is 3. The Hall–Kier alpha value is -1.67. The third-order valence-electron chi connectivity index (χ3n) is 3.81. The molecule has 0 radical (unpaired) electrons. The molecule has 7 nitrogen and oxygen atoms in total. The van der Waals surface area contributed by atoms with Gasteiger partial charge >= 0.3 is 0 Å². The van der Waals surface area contributed by atoms with Crippen LogP contribution in [0.3, 0.4) is 0 Å². The zero-order valence-electron chi connectivity index (χ0n) is 13.0. The predicted molar refractivity (Wildman–Crippen MR) is 82.7 cm³/mol. The summed E-state index contributed by atoms with van der Waals surface area (Å²) in [5.41, 5.74) is 9.38. The molecule has 0 aromatic heterocycles. The molecule has 1 aromatic rings. The fourth-order valence-electron chi connectivity index (χ4n) is 2.55. The average molecular weight is 308 g/mol. The number of benzene rings is 1. The zero-order chi connectivity index (χ0) is 15.9. The highest BCUT2D eigenvalue weighted by Crippen LogP contribution is 2.29. The number of ether oxygens (including phenoxy) is 2. The van der Waals surface area contributed by atoms with E-state index in [1.54, 1.807) is 0 Å². The summed E-state index contributed by atoms with van der Waals surface area (Å²) in [4.78, 5) is 11.7. The zero-order valence-corrected chi connectivity index (χ0v) is 13.0. The van der Waals surface area contributed by atoms with Crippen LogP contribution < -0.4 is 26.9 Å². The maximum atomic E-state index is 11.7. The fraction of sp³-hybridized carbons (Fsp3) is 0.533. The van der Waals surface area contributed by atoms with E-state index >= 15 is 0 Å². The van der Waals surface area contributed by atoms with Gasteiger partial charge in [0.25, 0.3) is 5.91 Å². The first-order valence-electron chi connectivity index (χ1n) is 7.49. The molecule has 0 bridgehead atoms. The van der Waals surface area contributed by atoms with Crippen LogP contribution in [0.15, 0.2) is 24.3 Å². The van der Waals surface area contributed by atoms with Gasteiger partial charge in [-0.15, -0.1) is 0 Å². The molecule has 1 fully saturated rings. The Balaban J connectivity index is 1.92. The van der Waals surface area contributed by atoms with Crippen LogP contribution in [-0.4, -0.2) is 31.8 Å². The van der Waals surface area contributed by atoms with Crippen LogP contribution in [-0.2, 0) is 9.53 Å². The lowest BCUT2D eigenvalue weighted by atomic mass is 9.91. The molecule has 0 saturated carbocycles. The van der Waals surface area contributed by atoms with E-state index in [2.05, 4.69) is 16.3 Å². The molecule has 0 aliphatic carbocycles. The third-order valence-corrected chi connectivity index (χ3v) is 3.81. The van der Waals surface area contributed by atoms with Crippen LogP contribution in [0.2, 0.25) is 0 Å². The molecular weight excluding hydrogens is 284 g/mol. The van der Waals surface area contributed by atoms with Gasteiger partial charge in [0.05, 0.1) is 12.6 Å². The van der Waals surface area contributed by atoms with E-state index < -0.39 is 0 Å². The van der Waals surface area contributed by atoms with Crippen LogP contribution in [0.5, 0.6) is 5.75 Å². The largest absolute Gasteiger partial charge is 0.491 e. The molecule has 7 heteroatoms. The van der Waals surface area contributed by atoms with E-state index in [1.165, 1.54) is 0 Å². The summed E-state index contributed by atoms with van der Waals surface area (Å²) in [5.74, 6) is 5.85. The molecule has 0 spiro atoms. The Morgan fingerprint density at radius 1 is 1.27 bits per heavy atom. The molecule has 1 aromatic carbocycles. The number of hydrazine groups is 2. The number of nitrogens with two attached hydrogens (primary N) is 1. The van der Waals surface area contributed by atoms with Gasteiger partial charge in [-0.1, -0.05) is 19.1 Å². The first kappa shape index (κ1) is 16.7. The van der Waals surface area contributed by atoms with Crippen molar-refractivity contribution >= 4 is 5.91 Å². The smallest absolute Gasteiger partial charge is 0.252 e. The molecule has 22 heavy (non-hydrogen) atoms. The first-order valence-corrected chi connectivity index (χ1v) is 7.49. The minimum absolute atomic E-state index is 0.0415. The van der Waals surface area contributed by atoms with Gasteiger partial charge in [0.1, 0.15) is 18.4 Å². The normalized spacial score (nSPS) is 24.2. The van der Waals surface area contributed by atoms with E-state index in [0.717, 1.165) is 11.3 Å². The summed E-state index contributed by atoms with van der Waals surface area (Å²) < 4.78 is 10.8. The standard InChI is InChI=1S/C15H24N4O3/c1-3-21-8-9-22-12-6-4-11(5-7-12)13-10(2)14(19-18-13)15(20)17-16/h4-7,10,13-14,18-19H,3,8-9,16H2,1-2H3,(H,17,20). The van der Waals surface area contributed by atoms with Gasteiger partial charge in [0.2, 0.25) is 0 Å². The van der Waals surface area contributed by atoms with Gasteiger partial charge in [-0.05, 0) is 24.6 Å². The lowest BCUT2D eigenvalue weighted by Crippen LogP contribution is -2.47. The lowest BCUT2D eigenvalue weighted by Gasteiger charge is -2.18. The number of carbonyl (C=O) groups is 1. The van der Waals surface area contributed by atoms with Crippen molar-refractivity contribution in [2.45, 2.75) is 25.9 Å². The van der Waals surface area contributed by atoms with Gasteiger partial charge in [-0.25, -0.2) is 16.7 Å². The maximum Gasteiger partial charge on any atom is 0.252 e. The van der Waals surface area contributed by atoms with E-state index in [1.807, 2.05) is 38.1 Å². The van der Waals surface area contributed by atoms with Gasteiger partial charge in [-0.3, -0.25) is 10.2 Å². The first-order chi connectivity index (χ1) is 10.7. The summed E-state index contributed by atoms with van der Waals surface area (Å²) in [6.07, 6.45) is 0. The van der Waals surface area contributed by atoms with Crippen LogP contribution in [0.1, 0.15) is 25.5 Å². The average Bonchev–Trinajstić information content (AvgIpc) is 2.93. The molecule has 1 heterocycles. The number of carbonyl (C=O) groups excluding carboxylic acids is 1. The molecule has 122 valence electrons. The van der Waals surface area contributed by atoms with Gasteiger partial charge in [0.15, 0.2) is 0 Å². The number of hydrogen-bond donors (Lipinski definition) is 4. The lowest BCUT2D eigenvalue weighted by molar-refractivity contribution is -0.123. The maximum absolute atomic E-state index is 11.7. The molecule has 2 rings (SSSR count). The Morgan fingerprint density at radius 2 is 2.00 bits per heavy atom. The van der Waals surface area contributed by atoms with Crippen LogP contribution >= 0.6 is 0 Å². The minimum Gasteiger partial charge on any atom is -0.491 e. The summed E-state index contributed by atoms with van der Waals surface area (Å²) in [5, 5.41) is 0. The number of rotatable bonds is 7. The van der Waals surface area contributed by atoms with Gasteiger partial charge in [0, 0.05) is 12.5 Å². The van der Waals surface area contributed by atoms with Crippen molar-refractivity contribution in [1.82, 2.24) is 16.3 Å². The summed E-state index contributed by atoms with van der Waals surface area (Å²) in [6, 6.07) is 7.53. The van der Waals surface area contributed by atoms with Crippen molar-refractivity contribution in [3.63, 3.8) is 0 Å². The highest BCUT2D eigenvalue weighted by Gasteiger charge is 2.37. The Kier molecular flexibility index (Phi) is 6.14. The Morgan fingerprint density at radius 3 is 2.64 bits per heavy atom. The third kappa shape index (κ3) is 3.95. The highest BCUT2D eigenvalue weighted by atomic mass is 16.5. The molecule has 1 saturated heterocycles. The van der Waals surface area contributed by atoms with E-state index in [9.17, 15) is 4.79 Å². The van der Waals surface area contributed by atoms with Crippen LogP contribution in [0, 0.1) is 5.92 Å². The SMILES string of the molecule is CCOCCOc1ccc(C2NNC(C(=O)NN)C2C)cc1. The minimum atomic E-state index is -0.350. The van der Waals surface area contributed by atoms with E-state index in [0.29, 0.717) is 19.8 Å². The monoisotopic (exact) mass is 308 g/mol. The predicted octanol–water partition coefficient (Wildman–Crippen LogP) is 0.245.